The fraction of sp³-hybridized carbons (Fsp3) is 0.500. The summed E-state index contributed by atoms with van der Waals surface area (Å²) in [6.45, 7) is 2.65. The fourth-order valence-corrected chi connectivity index (χ4v) is 9.79. The molecule has 2 saturated heterocycles. The van der Waals surface area contributed by atoms with Gasteiger partial charge in [0, 0.05) is 43.2 Å². The van der Waals surface area contributed by atoms with Crippen molar-refractivity contribution in [3.63, 3.8) is 0 Å². The molecule has 3 heterocycles. The van der Waals surface area contributed by atoms with Crippen LogP contribution in [0.2, 0.25) is 0 Å². The van der Waals surface area contributed by atoms with Crippen LogP contribution >= 0.6 is 11.3 Å². The Hall–Kier alpha value is -2.40. The molecular formula is C32H44N4O7S3. The van der Waals surface area contributed by atoms with Gasteiger partial charge in [0.15, 0.2) is 0 Å². The number of benzene rings is 2. The van der Waals surface area contributed by atoms with Crippen molar-refractivity contribution in [3.8, 4) is 16.2 Å². The highest BCUT2D eigenvalue weighted by atomic mass is 32.2. The molecule has 0 amide bonds. The topological polar surface area (TPSA) is 138 Å². The number of hydrogen-bond acceptors (Lipinski definition) is 10. The van der Waals surface area contributed by atoms with Crippen LogP contribution in [0.25, 0.3) is 10.4 Å². The SMILES string of the molecule is CN(C)CCCNS(=O)(=O)c1cccc(OC[C@@H](O)CNC2COC3(CCN(S(=O)(=O)c4ccc(-c5ccccc5)s4)CC3)C2)c1. The zero-order valence-electron chi connectivity index (χ0n) is 26.3. The van der Waals surface area contributed by atoms with Crippen molar-refractivity contribution >= 4 is 31.4 Å². The molecule has 252 valence electrons. The average molecular weight is 693 g/mol. The standard InChI is InChI=1S/C32H44N4O7S3/c1-35(2)17-7-16-34-45(38,39)29-11-6-10-28(20-29)42-24-27(37)22-33-26-21-32(43-23-26)14-18-36(19-15-32)46(40,41)31-13-12-30(44-31)25-8-4-3-5-9-25/h3-6,8-13,20,26-27,33-34,37H,7,14-19,21-24H2,1-2H3/t26?,27-/m0/s1. The van der Waals surface area contributed by atoms with Crippen LogP contribution in [0, 0.1) is 0 Å². The van der Waals surface area contributed by atoms with Crippen molar-refractivity contribution in [2.24, 2.45) is 0 Å². The number of nitrogens with zero attached hydrogens (tertiary/aromatic N) is 2. The van der Waals surface area contributed by atoms with Gasteiger partial charge >= 0.3 is 0 Å². The highest BCUT2D eigenvalue weighted by Crippen LogP contribution is 2.39. The Labute approximate surface area is 276 Å². The predicted octanol–water partition coefficient (Wildman–Crippen LogP) is 2.99. The van der Waals surface area contributed by atoms with Crippen molar-refractivity contribution in [3.05, 3.63) is 66.7 Å². The third kappa shape index (κ3) is 8.94. The minimum atomic E-state index is -3.66. The van der Waals surface area contributed by atoms with Crippen LogP contribution in [-0.4, -0.2) is 109 Å². The quantitative estimate of drug-likeness (QED) is 0.205. The van der Waals surface area contributed by atoms with Crippen molar-refractivity contribution in [2.45, 2.75) is 52.5 Å². The Morgan fingerprint density at radius 1 is 1.07 bits per heavy atom. The van der Waals surface area contributed by atoms with Crippen molar-refractivity contribution in [1.29, 1.82) is 0 Å². The number of rotatable bonds is 15. The second kappa shape index (κ2) is 15.2. The summed E-state index contributed by atoms with van der Waals surface area (Å²) in [7, 11) is -3.37. The van der Waals surface area contributed by atoms with Gasteiger partial charge in [-0.05, 0) is 76.2 Å². The first-order valence-electron chi connectivity index (χ1n) is 15.5. The molecule has 3 N–H and O–H groups in total. The molecule has 0 aliphatic carbocycles. The van der Waals surface area contributed by atoms with E-state index in [-0.39, 0.29) is 29.7 Å². The van der Waals surface area contributed by atoms with Crippen molar-refractivity contribution in [2.75, 3.05) is 60.0 Å². The minimum Gasteiger partial charge on any atom is -0.491 e. The first kappa shape index (κ1) is 34.9. The Balaban J connectivity index is 1.05. The molecule has 2 fully saturated rings. The zero-order valence-corrected chi connectivity index (χ0v) is 28.7. The van der Waals surface area contributed by atoms with E-state index < -0.39 is 26.2 Å². The highest BCUT2D eigenvalue weighted by Gasteiger charge is 2.45. The number of thiophene rings is 1. The molecule has 1 spiro atoms. The van der Waals surface area contributed by atoms with Gasteiger partial charge in [0.2, 0.25) is 10.0 Å². The lowest BCUT2D eigenvalue weighted by Gasteiger charge is -2.37. The van der Waals surface area contributed by atoms with Gasteiger partial charge < -0.3 is 24.8 Å². The summed E-state index contributed by atoms with van der Waals surface area (Å²) in [6, 6.07) is 19.6. The molecule has 3 aromatic rings. The number of piperidine rings is 1. The second-order valence-electron chi connectivity index (χ2n) is 12.2. The monoisotopic (exact) mass is 692 g/mol. The van der Waals surface area contributed by atoms with Gasteiger partial charge in [-0.3, -0.25) is 0 Å². The summed E-state index contributed by atoms with van der Waals surface area (Å²) in [5.41, 5.74) is 0.614. The lowest BCUT2D eigenvalue weighted by molar-refractivity contribution is -0.0311. The summed E-state index contributed by atoms with van der Waals surface area (Å²) in [4.78, 5) is 3.03. The predicted molar refractivity (Wildman–Crippen MR) is 179 cm³/mol. The van der Waals surface area contributed by atoms with E-state index in [9.17, 15) is 21.9 Å². The Kier molecular flexibility index (Phi) is 11.6. The maximum absolute atomic E-state index is 13.4. The molecule has 5 rings (SSSR count). The van der Waals surface area contributed by atoms with Crippen LogP contribution in [-0.2, 0) is 24.8 Å². The molecule has 0 saturated carbocycles. The molecule has 2 aromatic carbocycles. The molecule has 46 heavy (non-hydrogen) atoms. The number of nitrogens with one attached hydrogen (secondary N) is 2. The van der Waals surface area contributed by atoms with Gasteiger partial charge in [-0.2, -0.15) is 4.31 Å². The minimum absolute atomic E-state index is 0.00693. The molecule has 1 unspecified atom stereocenters. The van der Waals surface area contributed by atoms with Crippen LogP contribution in [0.15, 0.2) is 75.8 Å². The summed E-state index contributed by atoms with van der Waals surface area (Å²) < 4.78 is 68.5. The van der Waals surface area contributed by atoms with Gasteiger partial charge in [0.25, 0.3) is 10.0 Å². The van der Waals surface area contributed by atoms with Crippen LogP contribution in [0.1, 0.15) is 25.7 Å². The molecule has 2 atom stereocenters. The van der Waals surface area contributed by atoms with Gasteiger partial charge in [-0.1, -0.05) is 36.4 Å². The summed E-state index contributed by atoms with van der Waals surface area (Å²) in [5, 5.41) is 13.9. The largest absolute Gasteiger partial charge is 0.491 e. The molecule has 0 bridgehead atoms. The van der Waals surface area contributed by atoms with E-state index in [0.29, 0.717) is 55.5 Å². The summed E-state index contributed by atoms with van der Waals surface area (Å²) in [6.07, 6.45) is 1.82. The number of ether oxygens (including phenoxy) is 2. The molecule has 14 heteroatoms. The fourth-order valence-electron chi connectivity index (χ4n) is 5.77. The summed E-state index contributed by atoms with van der Waals surface area (Å²) >= 11 is 1.29. The number of hydrogen-bond donors (Lipinski definition) is 3. The van der Waals surface area contributed by atoms with E-state index in [0.717, 1.165) is 23.4 Å². The lowest BCUT2D eigenvalue weighted by atomic mass is 9.88. The number of sulfonamides is 2. The van der Waals surface area contributed by atoms with Gasteiger partial charge in [0.05, 0.1) is 17.1 Å². The Bertz CT molecular complexity index is 1640. The third-order valence-electron chi connectivity index (χ3n) is 8.35. The van der Waals surface area contributed by atoms with E-state index in [1.165, 1.54) is 23.5 Å². The van der Waals surface area contributed by atoms with Crippen molar-refractivity contribution in [1.82, 2.24) is 19.2 Å². The summed E-state index contributed by atoms with van der Waals surface area (Å²) in [5.74, 6) is 0.360. The smallest absolute Gasteiger partial charge is 0.252 e. The third-order valence-corrected chi connectivity index (χ3v) is 13.3. The molecule has 11 nitrogen and oxygen atoms in total. The average Bonchev–Trinajstić information content (AvgIpc) is 3.71. The number of aliphatic hydroxyl groups is 1. The van der Waals surface area contributed by atoms with Crippen LogP contribution in [0.4, 0.5) is 0 Å². The first-order chi connectivity index (χ1) is 22.0. The maximum Gasteiger partial charge on any atom is 0.252 e. The second-order valence-corrected chi connectivity index (χ2v) is 17.2. The molecule has 2 aliphatic rings. The van der Waals surface area contributed by atoms with Crippen LogP contribution < -0.4 is 14.8 Å². The molecular weight excluding hydrogens is 649 g/mol. The lowest BCUT2D eigenvalue weighted by Crippen LogP contribution is -2.47. The van der Waals surface area contributed by atoms with Gasteiger partial charge in [-0.25, -0.2) is 21.6 Å². The van der Waals surface area contributed by atoms with Gasteiger partial charge in [0.1, 0.15) is 22.7 Å². The van der Waals surface area contributed by atoms with Crippen LogP contribution in [0.3, 0.4) is 0 Å². The Morgan fingerprint density at radius 2 is 1.83 bits per heavy atom. The Morgan fingerprint density at radius 3 is 2.57 bits per heavy atom. The molecule has 2 aliphatic heterocycles. The van der Waals surface area contributed by atoms with E-state index in [4.69, 9.17) is 9.47 Å². The zero-order chi connectivity index (χ0) is 32.8. The van der Waals surface area contributed by atoms with E-state index >= 15 is 0 Å². The molecule has 1 aromatic heterocycles. The van der Waals surface area contributed by atoms with E-state index in [2.05, 4.69) is 10.0 Å². The van der Waals surface area contributed by atoms with E-state index in [1.54, 1.807) is 22.5 Å². The molecule has 0 radical (unpaired) electrons. The van der Waals surface area contributed by atoms with Gasteiger partial charge in [-0.15, -0.1) is 11.3 Å². The van der Waals surface area contributed by atoms with Crippen LogP contribution in [0.5, 0.6) is 5.75 Å². The van der Waals surface area contributed by atoms with E-state index in [1.807, 2.05) is 55.4 Å². The number of aliphatic hydroxyl groups excluding tert-OH is 1. The first-order valence-corrected chi connectivity index (χ1v) is 19.3. The van der Waals surface area contributed by atoms with Crippen molar-refractivity contribution < 1.29 is 31.4 Å². The highest BCUT2D eigenvalue weighted by molar-refractivity contribution is 7.91. The normalized spacial score (nSPS) is 19.5. The maximum atomic E-state index is 13.4.